The largest absolute Gasteiger partial charge is 0.296 e. The molecule has 6 nitrogen and oxygen atoms in total. The quantitative estimate of drug-likeness (QED) is 0.437. The van der Waals surface area contributed by atoms with E-state index in [9.17, 15) is 9.18 Å². The smallest absolute Gasteiger partial charge is 0.253 e. The van der Waals surface area contributed by atoms with Crippen LogP contribution in [0.15, 0.2) is 59.3 Å². The topological polar surface area (TPSA) is 63.9 Å². The molecule has 3 aromatic heterocycles. The van der Waals surface area contributed by atoms with Gasteiger partial charge in [-0.3, -0.25) is 19.2 Å². The fraction of sp³-hybridized carbons (Fsp3) is 0.308. The summed E-state index contributed by atoms with van der Waals surface area (Å²) in [6, 6.07) is 5.47. The van der Waals surface area contributed by atoms with Gasteiger partial charge in [-0.05, 0) is 50.1 Å². The normalized spacial score (nSPS) is 15.6. The Morgan fingerprint density at radius 3 is 2.70 bits per heavy atom. The summed E-state index contributed by atoms with van der Waals surface area (Å²) in [5, 5.41) is 0. The summed E-state index contributed by atoms with van der Waals surface area (Å²) in [5.41, 5.74) is 5.59. The first kappa shape index (κ1) is 22.7. The second-order valence-corrected chi connectivity index (χ2v) is 8.44. The van der Waals surface area contributed by atoms with Gasteiger partial charge in [0.15, 0.2) is 0 Å². The van der Waals surface area contributed by atoms with E-state index in [1.165, 1.54) is 6.07 Å². The molecule has 1 aliphatic rings. The summed E-state index contributed by atoms with van der Waals surface area (Å²) in [6.07, 6.45) is 12.0. The Hall–Kier alpha value is -3.45. The molecule has 0 bridgehead atoms. The van der Waals surface area contributed by atoms with Crippen LogP contribution in [0.2, 0.25) is 0 Å². The molecule has 170 valence electrons. The Balaban J connectivity index is 1.63. The van der Waals surface area contributed by atoms with Crippen LogP contribution in [0, 0.1) is 12.9 Å². The van der Waals surface area contributed by atoms with Gasteiger partial charge in [0, 0.05) is 79.6 Å². The number of rotatable bonds is 5. The van der Waals surface area contributed by atoms with E-state index in [-0.39, 0.29) is 11.6 Å². The predicted molar refractivity (Wildman–Crippen MR) is 128 cm³/mol. The average molecular weight is 446 g/mol. The van der Waals surface area contributed by atoms with Crippen molar-refractivity contribution in [2.24, 2.45) is 7.05 Å². The van der Waals surface area contributed by atoms with Gasteiger partial charge in [0.05, 0.1) is 0 Å². The molecule has 0 spiro atoms. The summed E-state index contributed by atoms with van der Waals surface area (Å²) in [6.45, 7) is 7.41. The van der Waals surface area contributed by atoms with Crippen molar-refractivity contribution in [2.75, 3.05) is 6.54 Å². The predicted octanol–water partition coefficient (Wildman–Crippen LogP) is 4.09. The third-order valence-electron chi connectivity index (χ3n) is 6.11. The zero-order valence-electron chi connectivity index (χ0n) is 19.4. The van der Waals surface area contributed by atoms with Crippen LogP contribution in [0.5, 0.6) is 0 Å². The number of hydrogen-bond donors (Lipinski definition) is 0. The van der Waals surface area contributed by atoms with Gasteiger partial charge in [-0.2, -0.15) is 4.39 Å². The molecular formula is C26H28FN5O. The number of hydrogen-bond acceptors (Lipinski definition) is 5. The highest BCUT2D eigenvalue weighted by Crippen LogP contribution is 2.28. The molecule has 3 aromatic rings. The highest BCUT2D eigenvalue weighted by Gasteiger charge is 2.24. The molecule has 33 heavy (non-hydrogen) atoms. The van der Waals surface area contributed by atoms with Gasteiger partial charge in [0.1, 0.15) is 5.82 Å². The number of nitrogens with zero attached hydrogens (tertiary/aromatic N) is 5. The Kier molecular flexibility index (Phi) is 6.60. The van der Waals surface area contributed by atoms with E-state index in [1.54, 1.807) is 37.0 Å². The number of halogens is 1. The van der Waals surface area contributed by atoms with E-state index in [0.717, 1.165) is 47.5 Å². The van der Waals surface area contributed by atoms with Crippen LogP contribution >= 0.6 is 0 Å². The highest BCUT2D eigenvalue weighted by molar-refractivity contribution is 5.63. The molecule has 0 amide bonds. The van der Waals surface area contributed by atoms with Crippen LogP contribution < -0.4 is 5.56 Å². The lowest BCUT2D eigenvalue weighted by Gasteiger charge is -2.34. The molecule has 0 saturated carbocycles. The van der Waals surface area contributed by atoms with E-state index in [2.05, 4.69) is 40.0 Å². The third kappa shape index (κ3) is 4.83. The van der Waals surface area contributed by atoms with Crippen LogP contribution in [0.4, 0.5) is 4.39 Å². The minimum Gasteiger partial charge on any atom is -0.296 e. The molecule has 0 radical (unpaired) electrons. The monoisotopic (exact) mass is 445 g/mol. The molecule has 4 heterocycles. The van der Waals surface area contributed by atoms with E-state index >= 15 is 0 Å². The molecule has 1 aliphatic heterocycles. The fourth-order valence-corrected chi connectivity index (χ4v) is 4.21. The van der Waals surface area contributed by atoms with E-state index < -0.39 is 5.95 Å². The van der Waals surface area contributed by atoms with Crippen LogP contribution in [-0.4, -0.2) is 37.0 Å². The van der Waals surface area contributed by atoms with Crippen molar-refractivity contribution < 1.29 is 4.39 Å². The molecule has 1 unspecified atom stereocenters. The molecule has 0 saturated heterocycles. The maximum atomic E-state index is 13.6. The second-order valence-electron chi connectivity index (χ2n) is 8.44. The van der Waals surface area contributed by atoms with Crippen molar-refractivity contribution in [1.82, 2.24) is 24.4 Å². The fourth-order valence-electron chi connectivity index (χ4n) is 4.21. The van der Waals surface area contributed by atoms with E-state index in [4.69, 9.17) is 4.98 Å². The molecule has 0 aliphatic carbocycles. The summed E-state index contributed by atoms with van der Waals surface area (Å²) in [4.78, 5) is 27.3. The highest BCUT2D eigenvalue weighted by atomic mass is 19.1. The van der Waals surface area contributed by atoms with Gasteiger partial charge in [0.2, 0.25) is 5.95 Å². The van der Waals surface area contributed by atoms with Crippen molar-refractivity contribution in [2.45, 2.75) is 39.8 Å². The first-order chi connectivity index (χ1) is 15.9. The lowest BCUT2D eigenvalue weighted by atomic mass is 9.97. The summed E-state index contributed by atoms with van der Waals surface area (Å²) in [5.74, 6) is 0.188. The van der Waals surface area contributed by atoms with Crippen molar-refractivity contribution >= 4 is 6.08 Å². The maximum Gasteiger partial charge on any atom is 0.253 e. The number of fused-ring (bicyclic) bond motifs is 1. The third-order valence-corrected chi connectivity index (χ3v) is 6.11. The van der Waals surface area contributed by atoms with Crippen molar-refractivity contribution in [3.05, 3.63) is 93.5 Å². The Bertz CT molecular complexity index is 1290. The van der Waals surface area contributed by atoms with Gasteiger partial charge >= 0.3 is 0 Å². The summed E-state index contributed by atoms with van der Waals surface area (Å²) in [7, 11) is 1.73. The number of aryl methyl sites for hydroxylation is 1. The molecule has 1 atom stereocenters. The van der Waals surface area contributed by atoms with Crippen molar-refractivity contribution in [3.8, 4) is 11.1 Å². The second kappa shape index (κ2) is 9.58. The Morgan fingerprint density at radius 1 is 1.18 bits per heavy atom. The van der Waals surface area contributed by atoms with Crippen LogP contribution in [-0.2, 0) is 20.0 Å². The summed E-state index contributed by atoms with van der Waals surface area (Å²) < 4.78 is 15.2. The first-order valence-corrected chi connectivity index (χ1v) is 11.0. The average Bonchev–Trinajstić information content (AvgIpc) is 2.81. The Labute approximate surface area is 193 Å². The van der Waals surface area contributed by atoms with Gasteiger partial charge in [-0.15, -0.1) is 0 Å². The van der Waals surface area contributed by atoms with E-state index in [0.29, 0.717) is 11.4 Å². The number of aromatic nitrogens is 4. The van der Waals surface area contributed by atoms with Gasteiger partial charge in [0.25, 0.3) is 5.56 Å². The minimum absolute atomic E-state index is 0.0682. The first-order valence-electron chi connectivity index (χ1n) is 11.0. The van der Waals surface area contributed by atoms with Gasteiger partial charge in [-0.25, -0.2) is 9.97 Å². The summed E-state index contributed by atoms with van der Waals surface area (Å²) >= 11 is 0. The van der Waals surface area contributed by atoms with Crippen LogP contribution in [0.1, 0.15) is 36.5 Å². The van der Waals surface area contributed by atoms with Gasteiger partial charge in [-0.1, -0.05) is 12.2 Å². The van der Waals surface area contributed by atoms with Crippen molar-refractivity contribution in [1.29, 1.82) is 0 Å². The zero-order valence-corrected chi connectivity index (χ0v) is 19.4. The molecular weight excluding hydrogens is 417 g/mol. The maximum absolute atomic E-state index is 13.6. The number of allylic oxidation sites excluding steroid dienone is 1. The SMILES string of the molecule is C/C=C\C(/C(C)=C\c1nccc(=O)n1C)N1CCc2ncc(-c3cnc(F)c(C)c3)cc2C1. The van der Waals surface area contributed by atoms with E-state index in [1.807, 2.05) is 19.2 Å². The van der Waals surface area contributed by atoms with Crippen molar-refractivity contribution in [3.63, 3.8) is 0 Å². The van der Waals surface area contributed by atoms with Gasteiger partial charge < -0.3 is 0 Å². The molecule has 0 N–H and O–H groups in total. The van der Waals surface area contributed by atoms with Crippen LogP contribution in [0.25, 0.3) is 17.2 Å². The molecule has 0 aromatic carbocycles. The molecule has 7 heteroatoms. The lowest BCUT2D eigenvalue weighted by molar-refractivity contribution is 0.230. The molecule has 4 rings (SSSR count). The standard InChI is InChI=1S/C26H28FN5O/c1-5-6-23(17(2)12-24-28-9-7-25(33)31(24)4)32-10-8-22-21(16-32)13-20(14-29-22)19-11-18(3)26(27)30-15-19/h5-7,9,11-15,23H,8,10,16H2,1-4H3/b6-5-,17-12-. The number of pyridine rings is 2. The Morgan fingerprint density at radius 2 is 1.94 bits per heavy atom. The molecule has 0 fully saturated rings. The van der Waals surface area contributed by atoms with Crippen LogP contribution in [0.3, 0.4) is 0 Å². The minimum atomic E-state index is -0.447. The zero-order chi connectivity index (χ0) is 23.5. The lowest BCUT2D eigenvalue weighted by Crippen LogP contribution is -2.39.